The molecule has 0 saturated carbocycles. The molecule has 0 aliphatic heterocycles. The van der Waals surface area contributed by atoms with Gasteiger partial charge in [-0.2, -0.15) is 0 Å². The molecule has 1 heterocycles. The number of benzene rings is 1. The molecule has 2 aromatic rings. The van der Waals surface area contributed by atoms with Gasteiger partial charge in [-0.15, -0.1) is 0 Å². The number of hydrogen-bond donors (Lipinski definition) is 2. The zero-order valence-electron chi connectivity index (χ0n) is 9.98. The zero-order chi connectivity index (χ0) is 12.1. The van der Waals surface area contributed by atoms with Crippen LogP contribution in [0.15, 0.2) is 42.6 Å². The van der Waals surface area contributed by atoms with Crippen LogP contribution in [0.25, 0.3) is 0 Å². The molecule has 3 N–H and O–H groups in total. The van der Waals surface area contributed by atoms with Gasteiger partial charge < -0.3 is 11.1 Å². The van der Waals surface area contributed by atoms with Crippen LogP contribution in [0.2, 0.25) is 0 Å². The Hall–Kier alpha value is -1.87. The van der Waals surface area contributed by atoms with E-state index in [1.54, 1.807) is 0 Å². The van der Waals surface area contributed by atoms with E-state index in [4.69, 9.17) is 5.73 Å². The first-order chi connectivity index (χ1) is 8.28. The fraction of sp³-hybridized carbons (Fsp3) is 0.214. The first-order valence-electron chi connectivity index (χ1n) is 5.72. The molecule has 3 nitrogen and oxygen atoms in total. The highest BCUT2D eigenvalue weighted by atomic mass is 14.9. The van der Waals surface area contributed by atoms with E-state index in [1.807, 2.05) is 12.3 Å². The Bertz CT molecular complexity index is 460. The van der Waals surface area contributed by atoms with Gasteiger partial charge in [-0.05, 0) is 30.7 Å². The van der Waals surface area contributed by atoms with E-state index >= 15 is 0 Å². The highest BCUT2D eigenvalue weighted by Crippen LogP contribution is 2.10. The minimum absolute atomic E-state index is 0.492. The molecule has 17 heavy (non-hydrogen) atoms. The average Bonchev–Trinajstić information content (AvgIpc) is 2.39. The quantitative estimate of drug-likeness (QED) is 0.843. The van der Waals surface area contributed by atoms with E-state index in [2.05, 4.69) is 47.6 Å². The Morgan fingerprint density at radius 1 is 1.12 bits per heavy atom. The van der Waals surface area contributed by atoms with Crippen LogP contribution in [0.1, 0.15) is 16.8 Å². The van der Waals surface area contributed by atoms with Gasteiger partial charge in [-0.1, -0.05) is 23.8 Å². The molecule has 0 amide bonds. The average molecular weight is 227 g/mol. The van der Waals surface area contributed by atoms with Crippen LogP contribution >= 0.6 is 0 Å². The van der Waals surface area contributed by atoms with Gasteiger partial charge in [0.05, 0.1) is 5.69 Å². The first-order valence-corrected chi connectivity index (χ1v) is 5.72. The van der Waals surface area contributed by atoms with Crippen LogP contribution in [-0.2, 0) is 13.1 Å². The topological polar surface area (TPSA) is 50.9 Å². The van der Waals surface area contributed by atoms with Crippen molar-refractivity contribution in [3.63, 3.8) is 0 Å². The first kappa shape index (κ1) is 11.6. The molecule has 0 saturated heterocycles. The summed E-state index contributed by atoms with van der Waals surface area (Å²) in [5, 5.41) is 3.35. The van der Waals surface area contributed by atoms with Gasteiger partial charge in [0.25, 0.3) is 0 Å². The Kier molecular flexibility index (Phi) is 3.73. The van der Waals surface area contributed by atoms with Crippen molar-refractivity contribution in [2.24, 2.45) is 5.73 Å². The van der Waals surface area contributed by atoms with Gasteiger partial charge in [0.15, 0.2) is 0 Å². The van der Waals surface area contributed by atoms with Crippen molar-refractivity contribution in [1.29, 1.82) is 0 Å². The third kappa shape index (κ3) is 3.29. The summed E-state index contributed by atoms with van der Waals surface area (Å²) in [4.78, 5) is 4.26. The molecular weight excluding hydrogens is 210 g/mol. The maximum atomic E-state index is 5.50. The van der Waals surface area contributed by atoms with Crippen LogP contribution in [-0.4, -0.2) is 4.98 Å². The third-order valence-electron chi connectivity index (χ3n) is 2.64. The van der Waals surface area contributed by atoms with Crippen LogP contribution in [0.3, 0.4) is 0 Å². The number of nitrogens with zero attached hydrogens (tertiary/aromatic N) is 1. The van der Waals surface area contributed by atoms with Crippen molar-refractivity contribution >= 4 is 5.69 Å². The molecule has 0 aliphatic rings. The molecule has 0 fully saturated rings. The van der Waals surface area contributed by atoms with Gasteiger partial charge in [0, 0.05) is 25.0 Å². The van der Waals surface area contributed by atoms with E-state index in [9.17, 15) is 0 Å². The molecular formula is C14H17N3. The fourth-order valence-electron chi connectivity index (χ4n) is 1.56. The lowest BCUT2D eigenvalue weighted by Gasteiger charge is -2.07. The number of anilines is 1. The fourth-order valence-corrected chi connectivity index (χ4v) is 1.56. The SMILES string of the molecule is Cc1ccc(NCc2ccc(CN)nc2)cc1. The summed E-state index contributed by atoms with van der Waals surface area (Å²) in [6.07, 6.45) is 1.86. The van der Waals surface area contributed by atoms with Gasteiger partial charge in [0.2, 0.25) is 0 Å². The third-order valence-corrected chi connectivity index (χ3v) is 2.64. The number of nitrogens with one attached hydrogen (secondary N) is 1. The lowest BCUT2D eigenvalue weighted by Crippen LogP contribution is -2.03. The maximum absolute atomic E-state index is 5.50. The van der Waals surface area contributed by atoms with Crippen molar-refractivity contribution in [3.8, 4) is 0 Å². The molecule has 0 radical (unpaired) electrons. The Labute approximate surface area is 102 Å². The Balaban J connectivity index is 1.95. The van der Waals surface area contributed by atoms with Gasteiger partial charge in [-0.3, -0.25) is 4.98 Å². The van der Waals surface area contributed by atoms with Crippen LogP contribution in [0, 0.1) is 6.92 Å². The highest BCUT2D eigenvalue weighted by molar-refractivity contribution is 5.44. The lowest BCUT2D eigenvalue weighted by atomic mass is 10.2. The Morgan fingerprint density at radius 3 is 2.47 bits per heavy atom. The standard InChI is InChI=1S/C14H17N3/c1-11-2-5-13(6-3-11)16-9-12-4-7-14(8-15)17-10-12/h2-7,10,16H,8-9,15H2,1H3. The molecule has 0 unspecified atom stereocenters. The van der Waals surface area contributed by atoms with E-state index in [1.165, 1.54) is 5.56 Å². The summed E-state index contributed by atoms with van der Waals surface area (Å²) < 4.78 is 0. The number of rotatable bonds is 4. The Morgan fingerprint density at radius 2 is 1.88 bits per heavy atom. The number of pyridine rings is 1. The van der Waals surface area contributed by atoms with Crippen LogP contribution < -0.4 is 11.1 Å². The molecule has 2 rings (SSSR count). The lowest BCUT2D eigenvalue weighted by molar-refractivity contribution is 0.973. The summed E-state index contributed by atoms with van der Waals surface area (Å²) in [6, 6.07) is 12.4. The number of nitrogens with two attached hydrogens (primary N) is 1. The highest BCUT2D eigenvalue weighted by Gasteiger charge is 1.95. The number of hydrogen-bond acceptors (Lipinski definition) is 3. The van der Waals surface area contributed by atoms with E-state index in [0.717, 1.165) is 23.5 Å². The van der Waals surface area contributed by atoms with Crippen molar-refractivity contribution in [2.45, 2.75) is 20.0 Å². The summed E-state index contributed by atoms with van der Waals surface area (Å²) in [7, 11) is 0. The van der Waals surface area contributed by atoms with Crippen molar-refractivity contribution in [2.75, 3.05) is 5.32 Å². The maximum Gasteiger partial charge on any atom is 0.0539 e. The van der Waals surface area contributed by atoms with Gasteiger partial charge in [-0.25, -0.2) is 0 Å². The normalized spacial score (nSPS) is 10.2. The predicted octanol–water partition coefficient (Wildman–Crippen LogP) is 2.46. The summed E-state index contributed by atoms with van der Waals surface area (Å²) >= 11 is 0. The smallest absolute Gasteiger partial charge is 0.0539 e. The molecule has 3 heteroatoms. The summed E-state index contributed by atoms with van der Waals surface area (Å²) in [6.45, 7) is 3.35. The predicted molar refractivity (Wildman–Crippen MR) is 70.6 cm³/mol. The monoisotopic (exact) mass is 227 g/mol. The summed E-state index contributed by atoms with van der Waals surface area (Å²) in [5.74, 6) is 0. The van der Waals surface area contributed by atoms with Crippen molar-refractivity contribution in [3.05, 3.63) is 59.4 Å². The van der Waals surface area contributed by atoms with Gasteiger partial charge >= 0.3 is 0 Å². The molecule has 1 aromatic heterocycles. The molecule has 88 valence electrons. The zero-order valence-corrected chi connectivity index (χ0v) is 9.98. The number of aromatic nitrogens is 1. The van der Waals surface area contributed by atoms with Gasteiger partial charge in [0.1, 0.15) is 0 Å². The molecule has 0 spiro atoms. The van der Waals surface area contributed by atoms with Crippen LogP contribution in [0.5, 0.6) is 0 Å². The largest absolute Gasteiger partial charge is 0.381 e. The van der Waals surface area contributed by atoms with E-state index in [0.29, 0.717) is 6.54 Å². The molecule has 1 aromatic carbocycles. The van der Waals surface area contributed by atoms with Crippen molar-refractivity contribution in [1.82, 2.24) is 4.98 Å². The minimum Gasteiger partial charge on any atom is -0.381 e. The number of aryl methyl sites for hydroxylation is 1. The van der Waals surface area contributed by atoms with E-state index in [-0.39, 0.29) is 0 Å². The van der Waals surface area contributed by atoms with Crippen LogP contribution in [0.4, 0.5) is 5.69 Å². The second-order valence-electron chi connectivity index (χ2n) is 4.08. The molecule has 0 bridgehead atoms. The molecule has 0 aliphatic carbocycles. The summed E-state index contributed by atoms with van der Waals surface area (Å²) in [5.41, 5.74) is 9.97. The second-order valence-corrected chi connectivity index (χ2v) is 4.08. The minimum atomic E-state index is 0.492. The van der Waals surface area contributed by atoms with Crippen molar-refractivity contribution < 1.29 is 0 Å². The molecule has 0 atom stereocenters. The second kappa shape index (κ2) is 5.46. The van der Waals surface area contributed by atoms with E-state index < -0.39 is 0 Å².